The third kappa shape index (κ3) is 2.38. The maximum atomic E-state index is 9.33. The normalized spacial score (nSPS) is 11.1. The van der Waals surface area contributed by atoms with E-state index in [4.69, 9.17) is 0 Å². The average molecular weight is 306 g/mol. The zero-order chi connectivity index (χ0) is 14.9. The molecular weight excluding hydrogens is 292 g/mol. The maximum Gasteiger partial charge on any atom is 0.115 e. The summed E-state index contributed by atoms with van der Waals surface area (Å²) in [5.74, 6) is 0.291. The summed E-state index contributed by atoms with van der Waals surface area (Å²) < 4.78 is 1.28. The van der Waals surface area contributed by atoms with Crippen molar-refractivity contribution in [2.75, 3.05) is 0 Å². The number of nitrogens with zero attached hydrogens (tertiary/aromatic N) is 1. The Hall–Kier alpha value is -2.59. The van der Waals surface area contributed by atoms with E-state index in [-0.39, 0.29) is 0 Å². The van der Waals surface area contributed by atoms with E-state index < -0.39 is 0 Å². The largest absolute Gasteiger partial charge is 0.508 e. The molecule has 0 bridgehead atoms. The fourth-order valence-corrected chi connectivity index (χ4v) is 3.55. The van der Waals surface area contributed by atoms with Crippen molar-refractivity contribution >= 4 is 21.4 Å². The first-order valence-electron chi connectivity index (χ1n) is 7.08. The topological polar surface area (TPSA) is 48.9 Å². The van der Waals surface area contributed by atoms with Crippen LogP contribution in [0.3, 0.4) is 0 Å². The summed E-state index contributed by atoms with van der Waals surface area (Å²) in [7, 11) is 0. The van der Waals surface area contributed by atoms with Crippen LogP contribution in [0.15, 0.2) is 60.0 Å². The zero-order valence-corrected chi connectivity index (χ0v) is 12.6. The van der Waals surface area contributed by atoms with E-state index in [1.807, 2.05) is 12.1 Å². The summed E-state index contributed by atoms with van der Waals surface area (Å²) in [5, 5.41) is 20.3. The molecule has 0 amide bonds. The summed E-state index contributed by atoms with van der Waals surface area (Å²) in [6, 6.07) is 17.7. The van der Waals surface area contributed by atoms with Gasteiger partial charge in [0.25, 0.3) is 0 Å². The van der Waals surface area contributed by atoms with Crippen LogP contribution in [0, 0.1) is 0 Å². The highest BCUT2D eigenvalue weighted by Gasteiger charge is 2.10. The van der Waals surface area contributed by atoms with Crippen LogP contribution >= 0.6 is 11.3 Å². The van der Waals surface area contributed by atoms with Crippen molar-refractivity contribution in [1.29, 1.82) is 0 Å². The van der Waals surface area contributed by atoms with Crippen molar-refractivity contribution in [3.63, 3.8) is 0 Å². The number of nitrogens with one attached hydrogen (secondary N) is 1. The van der Waals surface area contributed by atoms with E-state index in [1.165, 1.54) is 15.6 Å². The van der Waals surface area contributed by atoms with Gasteiger partial charge in [0.1, 0.15) is 5.75 Å². The zero-order valence-electron chi connectivity index (χ0n) is 11.8. The monoisotopic (exact) mass is 306 g/mol. The minimum absolute atomic E-state index is 0.291. The Labute approximate surface area is 131 Å². The van der Waals surface area contributed by atoms with Crippen LogP contribution in [0.1, 0.15) is 11.3 Å². The van der Waals surface area contributed by atoms with Gasteiger partial charge < -0.3 is 5.11 Å². The lowest BCUT2D eigenvalue weighted by Gasteiger charge is -1.98. The highest BCUT2D eigenvalue weighted by atomic mass is 32.1. The first kappa shape index (κ1) is 13.1. The van der Waals surface area contributed by atoms with Gasteiger partial charge in [-0.1, -0.05) is 30.3 Å². The predicted octanol–water partition coefficient (Wildman–Crippen LogP) is 4.59. The Morgan fingerprint density at radius 2 is 1.86 bits per heavy atom. The Morgan fingerprint density at radius 1 is 1.05 bits per heavy atom. The number of hydrogen-bond donors (Lipinski definition) is 2. The molecule has 2 aromatic carbocycles. The first-order valence-corrected chi connectivity index (χ1v) is 7.96. The smallest absolute Gasteiger partial charge is 0.115 e. The molecule has 0 aliphatic heterocycles. The van der Waals surface area contributed by atoms with Crippen molar-refractivity contribution in [3.8, 4) is 17.0 Å². The molecule has 2 heterocycles. The van der Waals surface area contributed by atoms with Gasteiger partial charge >= 0.3 is 0 Å². The molecule has 0 unspecified atom stereocenters. The van der Waals surface area contributed by atoms with Crippen molar-refractivity contribution < 1.29 is 5.11 Å². The first-order chi connectivity index (χ1) is 10.8. The molecule has 0 saturated heterocycles. The average Bonchev–Trinajstić information content (AvgIpc) is 3.16. The molecule has 0 fully saturated rings. The summed E-state index contributed by atoms with van der Waals surface area (Å²) in [6.07, 6.45) is 0.773. The standard InChI is InChI=1S/C18H14N2OS/c21-14-7-5-12(6-8-14)9-13-10-17(20-19-13)16-11-22-18-4-2-1-3-15(16)18/h1-8,10-11,21H,9H2,(H,19,20). The van der Waals surface area contributed by atoms with Gasteiger partial charge in [0.2, 0.25) is 0 Å². The molecule has 4 heteroatoms. The molecule has 2 aromatic heterocycles. The minimum Gasteiger partial charge on any atom is -0.508 e. The van der Waals surface area contributed by atoms with E-state index >= 15 is 0 Å². The molecule has 22 heavy (non-hydrogen) atoms. The summed E-state index contributed by atoms with van der Waals surface area (Å²) in [6.45, 7) is 0. The Balaban J connectivity index is 1.65. The number of aromatic amines is 1. The highest BCUT2D eigenvalue weighted by molar-refractivity contribution is 7.17. The number of aromatic hydroxyl groups is 1. The number of thiophene rings is 1. The van der Waals surface area contributed by atoms with Crippen LogP contribution in [0.2, 0.25) is 0 Å². The van der Waals surface area contributed by atoms with E-state index in [0.29, 0.717) is 5.75 Å². The van der Waals surface area contributed by atoms with Crippen molar-refractivity contribution in [2.24, 2.45) is 0 Å². The lowest BCUT2D eigenvalue weighted by molar-refractivity contribution is 0.475. The molecule has 4 aromatic rings. The van der Waals surface area contributed by atoms with Crippen LogP contribution < -0.4 is 0 Å². The number of aromatic nitrogens is 2. The van der Waals surface area contributed by atoms with Gasteiger partial charge in [-0.2, -0.15) is 5.10 Å². The summed E-state index contributed by atoms with van der Waals surface area (Å²) in [5.41, 5.74) is 4.36. The Morgan fingerprint density at radius 3 is 2.73 bits per heavy atom. The molecule has 108 valence electrons. The minimum atomic E-state index is 0.291. The molecule has 0 spiro atoms. The number of hydrogen-bond acceptors (Lipinski definition) is 3. The van der Waals surface area contributed by atoms with E-state index in [2.05, 4.69) is 45.9 Å². The second-order valence-corrected chi connectivity index (χ2v) is 6.18. The van der Waals surface area contributed by atoms with E-state index in [9.17, 15) is 5.11 Å². The lowest BCUT2D eigenvalue weighted by atomic mass is 10.1. The number of phenols is 1. The number of benzene rings is 2. The fourth-order valence-electron chi connectivity index (χ4n) is 2.60. The highest BCUT2D eigenvalue weighted by Crippen LogP contribution is 2.33. The molecule has 0 atom stereocenters. The predicted molar refractivity (Wildman–Crippen MR) is 90.3 cm³/mol. The molecule has 0 saturated carbocycles. The third-order valence-corrected chi connectivity index (χ3v) is 4.68. The van der Waals surface area contributed by atoms with Gasteiger partial charge in [0.15, 0.2) is 0 Å². The van der Waals surface area contributed by atoms with Crippen LogP contribution in [-0.4, -0.2) is 15.3 Å². The van der Waals surface area contributed by atoms with Gasteiger partial charge in [-0.15, -0.1) is 11.3 Å². The lowest BCUT2D eigenvalue weighted by Crippen LogP contribution is -1.87. The van der Waals surface area contributed by atoms with Gasteiger partial charge in [-0.3, -0.25) is 5.10 Å². The molecule has 3 nitrogen and oxygen atoms in total. The molecule has 0 aliphatic carbocycles. The maximum absolute atomic E-state index is 9.33. The molecular formula is C18H14N2OS. The van der Waals surface area contributed by atoms with Gasteiger partial charge in [0.05, 0.1) is 5.69 Å². The van der Waals surface area contributed by atoms with Crippen LogP contribution in [0.4, 0.5) is 0 Å². The number of fused-ring (bicyclic) bond motifs is 1. The van der Waals surface area contributed by atoms with Gasteiger partial charge in [-0.05, 0) is 29.8 Å². The van der Waals surface area contributed by atoms with Crippen LogP contribution in [0.25, 0.3) is 21.3 Å². The van der Waals surface area contributed by atoms with Crippen LogP contribution in [-0.2, 0) is 6.42 Å². The van der Waals surface area contributed by atoms with Gasteiger partial charge in [0, 0.05) is 33.1 Å². The Kier molecular flexibility index (Phi) is 3.16. The summed E-state index contributed by atoms with van der Waals surface area (Å²) >= 11 is 1.74. The number of phenolic OH excluding ortho intramolecular Hbond substituents is 1. The third-order valence-electron chi connectivity index (χ3n) is 3.72. The summed E-state index contributed by atoms with van der Waals surface area (Å²) in [4.78, 5) is 0. The SMILES string of the molecule is Oc1ccc(Cc2cc(-c3csc4ccccc34)n[nH]2)cc1. The van der Waals surface area contributed by atoms with Crippen LogP contribution in [0.5, 0.6) is 5.75 Å². The fraction of sp³-hybridized carbons (Fsp3) is 0.0556. The van der Waals surface area contributed by atoms with E-state index in [0.717, 1.165) is 23.4 Å². The molecule has 2 N–H and O–H groups in total. The molecule has 0 aliphatic rings. The molecule has 0 radical (unpaired) electrons. The number of rotatable bonds is 3. The quantitative estimate of drug-likeness (QED) is 0.581. The van der Waals surface area contributed by atoms with E-state index in [1.54, 1.807) is 23.5 Å². The second kappa shape index (κ2) is 5.31. The molecule has 4 rings (SSSR count). The van der Waals surface area contributed by atoms with Crippen molar-refractivity contribution in [1.82, 2.24) is 10.2 Å². The van der Waals surface area contributed by atoms with Crippen molar-refractivity contribution in [2.45, 2.75) is 6.42 Å². The Bertz CT molecular complexity index is 922. The second-order valence-electron chi connectivity index (χ2n) is 5.27. The van der Waals surface area contributed by atoms with Crippen molar-refractivity contribution in [3.05, 3.63) is 71.2 Å². The number of H-pyrrole nitrogens is 1. The van der Waals surface area contributed by atoms with Gasteiger partial charge in [-0.25, -0.2) is 0 Å².